The number of nitrogens with zero attached hydrogens (tertiary/aromatic N) is 1. The second kappa shape index (κ2) is 6.33. The summed E-state index contributed by atoms with van der Waals surface area (Å²) in [6.45, 7) is 0.403. The zero-order chi connectivity index (χ0) is 16.4. The lowest BCUT2D eigenvalue weighted by Gasteiger charge is -2.18. The van der Waals surface area contributed by atoms with Gasteiger partial charge in [0.1, 0.15) is 0 Å². The number of hydrogen-bond donors (Lipinski definition) is 2. The summed E-state index contributed by atoms with van der Waals surface area (Å²) in [7, 11) is -3.33. The summed E-state index contributed by atoms with van der Waals surface area (Å²) in [5.74, 6) is -0.248. The van der Waals surface area contributed by atoms with E-state index in [1.807, 2.05) is 30.5 Å². The molecule has 1 amide bonds. The number of benzene rings is 1. The average molecular weight is 335 g/mol. The molecule has 1 heterocycles. The van der Waals surface area contributed by atoms with Crippen LogP contribution >= 0.6 is 0 Å². The number of aromatic nitrogens is 1. The van der Waals surface area contributed by atoms with Crippen LogP contribution in [0.3, 0.4) is 0 Å². The Kier molecular flexibility index (Phi) is 4.41. The number of carbonyl (C=O) groups is 1. The Balaban J connectivity index is 1.53. The third-order valence-corrected chi connectivity index (χ3v) is 5.35. The van der Waals surface area contributed by atoms with E-state index in [0.717, 1.165) is 35.6 Å². The van der Waals surface area contributed by atoms with Gasteiger partial charge in [0.25, 0.3) is 0 Å². The zero-order valence-electron chi connectivity index (χ0n) is 13.1. The highest BCUT2D eigenvalue weighted by Gasteiger charge is 2.36. The number of aromatic amines is 1. The molecule has 1 fully saturated rings. The molecule has 0 aliphatic heterocycles. The first-order valence-corrected chi connectivity index (χ1v) is 9.58. The molecule has 3 rings (SSSR count). The fourth-order valence-corrected chi connectivity index (χ4v) is 3.86. The average Bonchev–Trinajstić information content (AvgIpc) is 3.25. The second-order valence-corrected chi connectivity index (χ2v) is 7.93. The van der Waals surface area contributed by atoms with Crippen LogP contribution in [0.25, 0.3) is 10.9 Å². The van der Waals surface area contributed by atoms with Crippen LogP contribution < -0.4 is 5.32 Å². The number of carbonyl (C=O) groups excluding carboxylic acids is 1. The molecule has 1 aromatic heterocycles. The van der Waals surface area contributed by atoms with E-state index in [2.05, 4.69) is 10.3 Å². The molecule has 124 valence electrons. The Hall–Kier alpha value is -1.86. The largest absolute Gasteiger partial charge is 0.361 e. The molecule has 0 bridgehead atoms. The zero-order valence-corrected chi connectivity index (χ0v) is 13.9. The number of rotatable bonds is 7. The molecule has 0 radical (unpaired) electrons. The molecule has 1 aliphatic rings. The highest BCUT2D eigenvalue weighted by atomic mass is 32.2. The van der Waals surface area contributed by atoms with E-state index in [-0.39, 0.29) is 18.5 Å². The molecule has 2 N–H and O–H groups in total. The van der Waals surface area contributed by atoms with Gasteiger partial charge >= 0.3 is 0 Å². The number of H-pyrrole nitrogens is 1. The minimum atomic E-state index is -3.33. The smallest absolute Gasteiger partial charge is 0.235 e. The van der Waals surface area contributed by atoms with Crippen molar-refractivity contribution in [2.45, 2.75) is 25.3 Å². The minimum Gasteiger partial charge on any atom is -0.361 e. The van der Waals surface area contributed by atoms with Crippen LogP contribution in [0.2, 0.25) is 0 Å². The number of amides is 1. The minimum absolute atomic E-state index is 0.00404. The standard InChI is InChI=1S/C16H21N3O3S/c1-23(21,22)19(13-6-7-13)11-16(20)17-9-8-12-10-18-15-5-3-2-4-14(12)15/h2-5,10,13,18H,6-9,11H2,1H3,(H,17,20). The van der Waals surface area contributed by atoms with E-state index in [9.17, 15) is 13.2 Å². The predicted molar refractivity (Wildman–Crippen MR) is 89.6 cm³/mol. The van der Waals surface area contributed by atoms with Crippen LogP contribution in [0.5, 0.6) is 0 Å². The summed E-state index contributed by atoms with van der Waals surface area (Å²) in [6, 6.07) is 8.02. The van der Waals surface area contributed by atoms with Gasteiger partial charge in [-0.15, -0.1) is 0 Å². The van der Waals surface area contributed by atoms with Crippen molar-refractivity contribution in [3.8, 4) is 0 Å². The molecule has 0 saturated heterocycles. The lowest BCUT2D eigenvalue weighted by Crippen LogP contribution is -2.41. The Bertz CT molecular complexity index is 809. The van der Waals surface area contributed by atoms with Gasteiger partial charge in [-0.2, -0.15) is 4.31 Å². The number of fused-ring (bicyclic) bond motifs is 1. The number of sulfonamides is 1. The first kappa shape index (κ1) is 16.0. The number of nitrogens with one attached hydrogen (secondary N) is 2. The molecule has 1 aromatic carbocycles. The van der Waals surface area contributed by atoms with E-state index >= 15 is 0 Å². The first-order chi connectivity index (χ1) is 10.9. The summed E-state index contributed by atoms with van der Waals surface area (Å²) in [6.07, 6.45) is 5.50. The van der Waals surface area contributed by atoms with Crippen LogP contribution in [-0.4, -0.2) is 49.0 Å². The maximum Gasteiger partial charge on any atom is 0.235 e. The molecule has 6 nitrogen and oxygen atoms in total. The summed E-state index contributed by atoms with van der Waals surface area (Å²) in [4.78, 5) is 15.2. The summed E-state index contributed by atoms with van der Waals surface area (Å²) in [5.41, 5.74) is 2.22. The molecular formula is C16H21N3O3S. The molecule has 0 spiro atoms. The highest BCUT2D eigenvalue weighted by Crippen LogP contribution is 2.28. The van der Waals surface area contributed by atoms with Crippen LogP contribution in [0.1, 0.15) is 18.4 Å². The fourth-order valence-electron chi connectivity index (χ4n) is 2.75. The Morgan fingerprint density at radius 1 is 1.35 bits per heavy atom. The number of para-hydroxylation sites is 1. The Morgan fingerprint density at radius 2 is 2.09 bits per heavy atom. The summed E-state index contributed by atoms with van der Waals surface area (Å²) in [5, 5.41) is 3.96. The van der Waals surface area contributed by atoms with Crippen molar-refractivity contribution >= 4 is 26.8 Å². The van der Waals surface area contributed by atoms with Crippen molar-refractivity contribution in [1.29, 1.82) is 0 Å². The van der Waals surface area contributed by atoms with Crippen LogP contribution in [0.15, 0.2) is 30.5 Å². The Labute approximate surface area is 135 Å². The molecule has 0 atom stereocenters. The quantitative estimate of drug-likeness (QED) is 0.799. The molecule has 23 heavy (non-hydrogen) atoms. The van der Waals surface area contributed by atoms with Gasteiger partial charge in [0.2, 0.25) is 15.9 Å². The van der Waals surface area contributed by atoms with E-state index in [1.54, 1.807) is 0 Å². The molecule has 2 aromatic rings. The highest BCUT2D eigenvalue weighted by molar-refractivity contribution is 7.88. The van der Waals surface area contributed by atoms with E-state index in [1.165, 1.54) is 4.31 Å². The third-order valence-electron chi connectivity index (χ3n) is 4.07. The molecular weight excluding hydrogens is 314 g/mol. The normalized spacial score (nSPS) is 15.2. The lowest BCUT2D eigenvalue weighted by atomic mass is 10.1. The van der Waals surface area contributed by atoms with Crippen molar-refractivity contribution in [3.63, 3.8) is 0 Å². The van der Waals surface area contributed by atoms with Crippen molar-refractivity contribution in [1.82, 2.24) is 14.6 Å². The third kappa shape index (κ3) is 3.92. The maximum absolute atomic E-state index is 12.0. The van der Waals surface area contributed by atoms with Crippen LogP contribution in [0, 0.1) is 0 Å². The lowest BCUT2D eigenvalue weighted by molar-refractivity contribution is -0.121. The maximum atomic E-state index is 12.0. The Morgan fingerprint density at radius 3 is 2.78 bits per heavy atom. The van der Waals surface area contributed by atoms with Crippen LogP contribution in [-0.2, 0) is 21.2 Å². The molecule has 7 heteroatoms. The van der Waals surface area contributed by atoms with Crippen molar-refractivity contribution in [2.75, 3.05) is 19.3 Å². The summed E-state index contributed by atoms with van der Waals surface area (Å²) < 4.78 is 24.7. The van der Waals surface area contributed by atoms with Crippen molar-refractivity contribution in [3.05, 3.63) is 36.0 Å². The monoisotopic (exact) mass is 335 g/mol. The van der Waals surface area contributed by atoms with Crippen LogP contribution in [0.4, 0.5) is 0 Å². The topological polar surface area (TPSA) is 82.3 Å². The predicted octanol–water partition coefficient (Wildman–Crippen LogP) is 1.25. The van der Waals surface area contributed by atoms with Crippen molar-refractivity contribution < 1.29 is 13.2 Å². The van der Waals surface area contributed by atoms with Gasteiger partial charge in [0, 0.05) is 29.7 Å². The van der Waals surface area contributed by atoms with Gasteiger partial charge in [-0.3, -0.25) is 4.79 Å². The molecule has 1 saturated carbocycles. The van der Waals surface area contributed by atoms with Gasteiger partial charge in [0.15, 0.2) is 0 Å². The van der Waals surface area contributed by atoms with Crippen molar-refractivity contribution in [2.24, 2.45) is 0 Å². The van der Waals surface area contributed by atoms with Gasteiger partial charge in [0.05, 0.1) is 12.8 Å². The summed E-state index contributed by atoms with van der Waals surface area (Å²) >= 11 is 0. The fraction of sp³-hybridized carbons (Fsp3) is 0.438. The van der Waals surface area contributed by atoms with E-state index in [4.69, 9.17) is 0 Å². The number of hydrogen-bond acceptors (Lipinski definition) is 3. The molecule has 0 unspecified atom stereocenters. The van der Waals surface area contributed by atoms with Gasteiger partial charge in [-0.25, -0.2) is 8.42 Å². The van der Waals surface area contributed by atoms with Gasteiger partial charge in [-0.1, -0.05) is 18.2 Å². The SMILES string of the molecule is CS(=O)(=O)N(CC(=O)NCCc1c[nH]c2ccccc12)C1CC1. The van der Waals surface area contributed by atoms with E-state index in [0.29, 0.717) is 13.0 Å². The second-order valence-electron chi connectivity index (χ2n) is 6.00. The molecule has 1 aliphatic carbocycles. The van der Waals surface area contributed by atoms with Gasteiger partial charge < -0.3 is 10.3 Å². The van der Waals surface area contributed by atoms with Gasteiger partial charge in [-0.05, 0) is 30.9 Å². The van der Waals surface area contributed by atoms with E-state index < -0.39 is 10.0 Å². The first-order valence-electron chi connectivity index (χ1n) is 7.73.